The Morgan fingerprint density at radius 1 is 1.44 bits per heavy atom. The average Bonchev–Trinajstić information content (AvgIpc) is 2.36. The van der Waals surface area contributed by atoms with Crippen molar-refractivity contribution in [1.29, 1.82) is 5.26 Å². The van der Waals surface area contributed by atoms with Crippen molar-refractivity contribution in [3.63, 3.8) is 0 Å². The molecule has 18 heavy (non-hydrogen) atoms. The van der Waals surface area contributed by atoms with Crippen LogP contribution in [-0.4, -0.2) is 11.9 Å². The number of nitriles is 1. The second kappa shape index (κ2) is 5.05. The van der Waals surface area contributed by atoms with Crippen molar-refractivity contribution in [3.05, 3.63) is 35.9 Å². The lowest BCUT2D eigenvalue weighted by Gasteiger charge is -2.30. The van der Waals surface area contributed by atoms with Gasteiger partial charge in [0.1, 0.15) is 6.04 Å². The number of fused-ring (bicyclic) bond motifs is 1. The number of rotatable bonds is 2. The fourth-order valence-corrected chi connectivity index (χ4v) is 2.12. The molecule has 0 aromatic heterocycles. The van der Waals surface area contributed by atoms with Crippen LogP contribution >= 0.6 is 0 Å². The van der Waals surface area contributed by atoms with E-state index in [1.807, 2.05) is 44.2 Å². The first-order valence-electron chi connectivity index (χ1n) is 6.12. The maximum atomic E-state index is 12.3. The minimum absolute atomic E-state index is 0.00773. The van der Waals surface area contributed by atoms with Gasteiger partial charge in [0.15, 0.2) is 0 Å². The van der Waals surface area contributed by atoms with Crippen LogP contribution in [0.5, 0.6) is 0 Å². The molecule has 0 N–H and O–H groups in total. The molecule has 1 aromatic rings. The molecule has 2 rings (SSSR count). The van der Waals surface area contributed by atoms with Gasteiger partial charge in [-0.1, -0.05) is 38.1 Å². The van der Waals surface area contributed by atoms with E-state index >= 15 is 0 Å². The zero-order chi connectivity index (χ0) is 13.1. The van der Waals surface area contributed by atoms with Crippen molar-refractivity contribution in [3.8, 4) is 6.07 Å². The molecule has 92 valence electrons. The van der Waals surface area contributed by atoms with Crippen LogP contribution in [0.1, 0.15) is 25.8 Å². The van der Waals surface area contributed by atoms with Gasteiger partial charge in [0.2, 0.25) is 5.91 Å². The molecule has 1 amide bonds. The minimum Gasteiger partial charge on any atom is -0.292 e. The summed E-state index contributed by atoms with van der Waals surface area (Å²) in [6.07, 6.45) is 4.14. The van der Waals surface area contributed by atoms with E-state index in [0.29, 0.717) is 6.42 Å². The van der Waals surface area contributed by atoms with Crippen molar-refractivity contribution in [1.82, 2.24) is 0 Å². The lowest BCUT2D eigenvalue weighted by Crippen LogP contribution is -2.40. The normalized spacial score (nSPS) is 17.4. The Morgan fingerprint density at radius 3 is 2.83 bits per heavy atom. The van der Waals surface area contributed by atoms with E-state index in [1.54, 1.807) is 11.0 Å². The molecule has 1 heterocycles. The summed E-state index contributed by atoms with van der Waals surface area (Å²) in [5, 5.41) is 9.17. The van der Waals surface area contributed by atoms with Crippen LogP contribution in [0.4, 0.5) is 5.69 Å². The number of hydrogen-bond donors (Lipinski definition) is 0. The van der Waals surface area contributed by atoms with Crippen LogP contribution in [-0.2, 0) is 4.79 Å². The molecule has 1 atom stereocenters. The summed E-state index contributed by atoms with van der Waals surface area (Å²) < 4.78 is 0. The highest BCUT2D eigenvalue weighted by atomic mass is 16.2. The van der Waals surface area contributed by atoms with E-state index in [0.717, 1.165) is 11.3 Å². The van der Waals surface area contributed by atoms with Crippen molar-refractivity contribution >= 4 is 17.7 Å². The molecule has 3 heteroatoms. The molecule has 1 aromatic carbocycles. The Labute approximate surface area is 107 Å². The largest absolute Gasteiger partial charge is 0.292 e. The van der Waals surface area contributed by atoms with Gasteiger partial charge in [-0.05, 0) is 23.6 Å². The van der Waals surface area contributed by atoms with Gasteiger partial charge in [-0.15, -0.1) is 0 Å². The molecule has 3 nitrogen and oxygen atoms in total. The highest BCUT2D eigenvalue weighted by molar-refractivity contribution is 5.98. The first kappa shape index (κ1) is 12.4. The van der Waals surface area contributed by atoms with E-state index in [2.05, 4.69) is 6.07 Å². The van der Waals surface area contributed by atoms with Crippen molar-refractivity contribution in [2.24, 2.45) is 5.92 Å². The molecule has 0 aliphatic carbocycles. The van der Waals surface area contributed by atoms with Crippen LogP contribution in [0, 0.1) is 17.2 Å². The summed E-state index contributed by atoms with van der Waals surface area (Å²) in [6.45, 7) is 4.01. The van der Waals surface area contributed by atoms with Gasteiger partial charge in [0.05, 0.1) is 11.8 Å². The van der Waals surface area contributed by atoms with Gasteiger partial charge in [-0.25, -0.2) is 0 Å². The number of carbonyl (C=O) groups is 1. The Balaban J connectivity index is 2.39. The first-order valence-corrected chi connectivity index (χ1v) is 6.12. The van der Waals surface area contributed by atoms with Crippen LogP contribution < -0.4 is 4.90 Å². The van der Waals surface area contributed by atoms with Crippen LogP contribution in [0.15, 0.2) is 30.3 Å². The second-order valence-electron chi connectivity index (χ2n) is 4.85. The number of amides is 1. The van der Waals surface area contributed by atoms with E-state index in [4.69, 9.17) is 0 Å². The third kappa shape index (κ3) is 2.28. The summed E-state index contributed by atoms with van der Waals surface area (Å²) in [4.78, 5) is 13.9. The summed E-state index contributed by atoms with van der Waals surface area (Å²) in [5.41, 5.74) is 1.82. The molecular weight excluding hydrogens is 224 g/mol. The Bertz CT molecular complexity index is 526. The van der Waals surface area contributed by atoms with Gasteiger partial charge < -0.3 is 0 Å². The van der Waals surface area contributed by atoms with Gasteiger partial charge in [-0.2, -0.15) is 5.26 Å². The Kier molecular flexibility index (Phi) is 3.47. The maximum absolute atomic E-state index is 12.3. The molecule has 0 fully saturated rings. The number of para-hydroxylation sites is 1. The topological polar surface area (TPSA) is 44.1 Å². The summed E-state index contributed by atoms with van der Waals surface area (Å²) in [7, 11) is 0. The molecule has 0 radical (unpaired) electrons. The van der Waals surface area contributed by atoms with Gasteiger partial charge >= 0.3 is 0 Å². The molecule has 0 bridgehead atoms. The van der Waals surface area contributed by atoms with E-state index in [-0.39, 0.29) is 11.8 Å². The van der Waals surface area contributed by atoms with Gasteiger partial charge in [-0.3, -0.25) is 9.69 Å². The number of carbonyl (C=O) groups excluding carboxylic acids is 1. The highest BCUT2D eigenvalue weighted by Crippen LogP contribution is 2.29. The maximum Gasteiger partial charge on any atom is 0.228 e. The fraction of sp³-hybridized carbons (Fsp3) is 0.333. The SMILES string of the molecule is CC(C)CC(=O)N1c2ccccc2C=CC1C#N. The molecule has 1 aliphatic rings. The van der Waals surface area contributed by atoms with Gasteiger partial charge in [0, 0.05) is 6.42 Å². The second-order valence-corrected chi connectivity index (χ2v) is 4.85. The van der Waals surface area contributed by atoms with E-state index in [1.165, 1.54) is 0 Å². The number of benzene rings is 1. The standard InChI is InChI=1S/C15H16N2O/c1-11(2)9-15(18)17-13(10-16)8-7-12-5-3-4-6-14(12)17/h3-8,11,13H,9H2,1-2H3. The third-order valence-corrected chi connectivity index (χ3v) is 2.92. The smallest absolute Gasteiger partial charge is 0.228 e. The van der Waals surface area contributed by atoms with Crippen LogP contribution in [0.3, 0.4) is 0 Å². The predicted octanol–water partition coefficient (Wildman–Crippen LogP) is 2.98. The van der Waals surface area contributed by atoms with Crippen molar-refractivity contribution in [2.75, 3.05) is 4.90 Å². The monoisotopic (exact) mass is 240 g/mol. The molecule has 1 unspecified atom stereocenters. The van der Waals surface area contributed by atoms with Gasteiger partial charge in [0.25, 0.3) is 0 Å². The third-order valence-electron chi connectivity index (χ3n) is 2.92. The average molecular weight is 240 g/mol. The number of nitrogens with zero attached hydrogens (tertiary/aromatic N) is 2. The van der Waals surface area contributed by atoms with E-state index < -0.39 is 6.04 Å². The van der Waals surface area contributed by atoms with E-state index in [9.17, 15) is 10.1 Å². The summed E-state index contributed by atoms with van der Waals surface area (Å²) >= 11 is 0. The molecule has 1 aliphatic heterocycles. The molecule has 0 saturated carbocycles. The summed E-state index contributed by atoms with van der Waals surface area (Å²) in [6, 6.07) is 9.34. The minimum atomic E-state index is -0.494. The lowest BCUT2D eigenvalue weighted by molar-refractivity contribution is -0.119. The molecule has 0 saturated heterocycles. The quantitative estimate of drug-likeness (QED) is 0.797. The first-order chi connectivity index (χ1) is 8.63. The van der Waals surface area contributed by atoms with Crippen LogP contribution in [0.2, 0.25) is 0 Å². The number of hydrogen-bond acceptors (Lipinski definition) is 2. The Morgan fingerprint density at radius 2 is 2.17 bits per heavy atom. The fourth-order valence-electron chi connectivity index (χ4n) is 2.12. The zero-order valence-electron chi connectivity index (χ0n) is 10.6. The molecule has 0 spiro atoms. The number of anilines is 1. The Hall–Kier alpha value is -2.08. The van der Waals surface area contributed by atoms with Crippen molar-refractivity contribution in [2.45, 2.75) is 26.3 Å². The predicted molar refractivity (Wildman–Crippen MR) is 71.8 cm³/mol. The van der Waals surface area contributed by atoms with Crippen molar-refractivity contribution < 1.29 is 4.79 Å². The summed E-state index contributed by atoms with van der Waals surface area (Å²) in [5.74, 6) is 0.295. The lowest BCUT2D eigenvalue weighted by atomic mass is 10.0. The highest BCUT2D eigenvalue weighted by Gasteiger charge is 2.27. The molecular formula is C15H16N2O. The van der Waals surface area contributed by atoms with Crippen LogP contribution in [0.25, 0.3) is 6.08 Å². The zero-order valence-corrected chi connectivity index (χ0v) is 10.6.